The summed E-state index contributed by atoms with van der Waals surface area (Å²) in [7, 11) is 2.21. The van der Waals surface area contributed by atoms with Gasteiger partial charge in [0.1, 0.15) is 0 Å². The molecule has 1 aliphatic heterocycles. The summed E-state index contributed by atoms with van der Waals surface area (Å²) in [5, 5.41) is 0. The van der Waals surface area contributed by atoms with Crippen molar-refractivity contribution < 1.29 is 0 Å². The maximum atomic E-state index is 6.96. The number of rotatable bonds is 6. The number of nitrogens with two attached hydrogens (primary N) is 1. The Bertz CT molecular complexity index is 412. The number of nitrogens with zero attached hydrogens (tertiary/aromatic N) is 2. The van der Waals surface area contributed by atoms with Crippen molar-refractivity contribution in [1.29, 1.82) is 0 Å². The number of hydrogen-bond acceptors (Lipinski definition) is 3. The molecule has 2 rings (SSSR count). The van der Waals surface area contributed by atoms with Gasteiger partial charge in [-0.05, 0) is 25.5 Å². The first-order valence-corrected chi connectivity index (χ1v) is 8.38. The van der Waals surface area contributed by atoms with Crippen molar-refractivity contribution >= 4 is 0 Å². The van der Waals surface area contributed by atoms with Crippen LogP contribution in [0.5, 0.6) is 0 Å². The number of likely N-dealkylation sites (N-methyl/N-ethyl adjacent to an activating group) is 1. The Hall–Kier alpha value is -0.900. The molecule has 0 bridgehead atoms. The Kier molecular flexibility index (Phi) is 5.80. The zero-order valence-electron chi connectivity index (χ0n) is 13.9. The van der Waals surface area contributed by atoms with E-state index in [2.05, 4.69) is 61.0 Å². The molecule has 1 fully saturated rings. The van der Waals surface area contributed by atoms with E-state index in [0.717, 1.165) is 32.6 Å². The van der Waals surface area contributed by atoms with Gasteiger partial charge in [0.05, 0.1) is 5.54 Å². The van der Waals surface area contributed by atoms with Crippen LogP contribution in [-0.4, -0.2) is 49.1 Å². The van der Waals surface area contributed by atoms with Gasteiger partial charge in [0, 0.05) is 32.2 Å². The monoisotopic (exact) mass is 289 g/mol. The molecule has 0 amide bonds. The summed E-state index contributed by atoms with van der Waals surface area (Å²) in [6.45, 7) is 9.05. The predicted octanol–water partition coefficient (Wildman–Crippen LogP) is 2.67. The Balaban J connectivity index is 2.25. The number of hydrogen-bond donors (Lipinski definition) is 1. The van der Waals surface area contributed by atoms with Gasteiger partial charge in [0.15, 0.2) is 0 Å². The third-order valence-electron chi connectivity index (χ3n) is 5.03. The van der Waals surface area contributed by atoms with Gasteiger partial charge in [0.25, 0.3) is 0 Å². The van der Waals surface area contributed by atoms with Gasteiger partial charge in [-0.2, -0.15) is 0 Å². The molecule has 0 spiro atoms. The summed E-state index contributed by atoms with van der Waals surface area (Å²) in [6.07, 6.45) is 3.33. The fourth-order valence-corrected chi connectivity index (χ4v) is 3.55. The van der Waals surface area contributed by atoms with E-state index in [1.807, 2.05) is 0 Å². The summed E-state index contributed by atoms with van der Waals surface area (Å²) < 4.78 is 0. The van der Waals surface area contributed by atoms with E-state index in [1.54, 1.807) is 0 Å². The van der Waals surface area contributed by atoms with Gasteiger partial charge in [-0.15, -0.1) is 0 Å². The van der Waals surface area contributed by atoms with E-state index in [0.29, 0.717) is 6.04 Å². The Morgan fingerprint density at radius 1 is 1.10 bits per heavy atom. The quantitative estimate of drug-likeness (QED) is 0.874. The minimum Gasteiger partial charge on any atom is -0.320 e. The molecule has 21 heavy (non-hydrogen) atoms. The third kappa shape index (κ3) is 3.65. The van der Waals surface area contributed by atoms with Crippen LogP contribution < -0.4 is 5.73 Å². The van der Waals surface area contributed by atoms with Crippen LogP contribution in [-0.2, 0) is 5.54 Å². The molecule has 0 radical (unpaired) electrons. The SMILES string of the molecule is CCCC(N1CCN(C)CC1)C(N)(CC)c1ccccc1. The van der Waals surface area contributed by atoms with E-state index in [1.165, 1.54) is 18.4 Å². The van der Waals surface area contributed by atoms with Gasteiger partial charge in [-0.3, -0.25) is 4.90 Å². The Morgan fingerprint density at radius 2 is 1.71 bits per heavy atom. The fourth-order valence-electron chi connectivity index (χ4n) is 3.55. The number of piperazine rings is 1. The molecule has 2 unspecified atom stereocenters. The number of benzene rings is 1. The van der Waals surface area contributed by atoms with E-state index in [9.17, 15) is 0 Å². The van der Waals surface area contributed by atoms with Crippen LogP contribution >= 0.6 is 0 Å². The second-order valence-corrected chi connectivity index (χ2v) is 6.40. The van der Waals surface area contributed by atoms with Crippen molar-refractivity contribution in [3.05, 3.63) is 35.9 Å². The molecule has 0 aliphatic carbocycles. The molecule has 1 aromatic carbocycles. The molecule has 0 aromatic heterocycles. The highest BCUT2D eigenvalue weighted by Crippen LogP contribution is 2.32. The van der Waals surface area contributed by atoms with Gasteiger partial charge in [0.2, 0.25) is 0 Å². The molecule has 3 nitrogen and oxygen atoms in total. The molecule has 2 N–H and O–H groups in total. The molecule has 2 atom stereocenters. The lowest BCUT2D eigenvalue weighted by Gasteiger charge is -2.47. The highest BCUT2D eigenvalue weighted by atomic mass is 15.3. The average Bonchev–Trinajstić information content (AvgIpc) is 2.54. The molecule has 3 heteroatoms. The van der Waals surface area contributed by atoms with Crippen molar-refractivity contribution in [2.24, 2.45) is 5.73 Å². The molecular formula is C18H31N3. The van der Waals surface area contributed by atoms with Crippen LogP contribution in [0.25, 0.3) is 0 Å². The molecule has 1 heterocycles. The first-order valence-electron chi connectivity index (χ1n) is 8.38. The van der Waals surface area contributed by atoms with Crippen molar-refractivity contribution in [3.8, 4) is 0 Å². The summed E-state index contributed by atoms with van der Waals surface area (Å²) in [5.41, 5.74) is 8.00. The summed E-state index contributed by atoms with van der Waals surface area (Å²) >= 11 is 0. The van der Waals surface area contributed by atoms with Gasteiger partial charge in [-0.25, -0.2) is 0 Å². The maximum Gasteiger partial charge on any atom is 0.0564 e. The van der Waals surface area contributed by atoms with Crippen LogP contribution in [0.1, 0.15) is 38.7 Å². The minimum atomic E-state index is -0.243. The van der Waals surface area contributed by atoms with E-state index in [4.69, 9.17) is 5.73 Å². The van der Waals surface area contributed by atoms with E-state index < -0.39 is 0 Å². The minimum absolute atomic E-state index is 0.243. The van der Waals surface area contributed by atoms with Crippen molar-refractivity contribution in [2.75, 3.05) is 33.2 Å². The second kappa shape index (κ2) is 7.39. The van der Waals surface area contributed by atoms with Crippen LogP contribution in [0.15, 0.2) is 30.3 Å². The third-order valence-corrected chi connectivity index (χ3v) is 5.03. The van der Waals surface area contributed by atoms with Crippen LogP contribution in [0.4, 0.5) is 0 Å². The highest BCUT2D eigenvalue weighted by molar-refractivity contribution is 5.26. The zero-order chi connectivity index (χ0) is 15.3. The lowest BCUT2D eigenvalue weighted by molar-refractivity contribution is 0.0585. The van der Waals surface area contributed by atoms with Crippen LogP contribution in [0.3, 0.4) is 0 Å². The molecule has 1 saturated heterocycles. The van der Waals surface area contributed by atoms with Gasteiger partial charge < -0.3 is 10.6 Å². The zero-order valence-corrected chi connectivity index (χ0v) is 13.9. The highest BCUT2D eigenvalue weighted by Gasteiger charge is 2.38. The Labute approximate surface area is 130 Å². The van der Waals surface area contributed by atoms with Gasteiger partial charge in [-0.1, -0.05) is 50.6 Å². The summed E-state index contributed by atoms with van der Waals surface area (Å²) in [6, 6.07) is 11.1. The van der Waals surface area contributed by atoms with Crippen molar-refractivity contribution in [3.63, 3.8) is 0 Å². The predicted molar refractivity (Wildman–Crippen MR) is 90.4 cm³/mol. The van der Waals surface area contributed by atoms with Crippen LogP contribution in [0.2, 0.25) is 0 Å². The largest absolute Gasteiger partial charge is 0.320 e. The van der Waals surface area contributed by atoms with Crippen molar-refractivity contribution in [1.82, 2.24) is 9.80 Å². The smallest absolute Gasteiger partial charge is 0.0564 e. The molecule has 118 valence electrons. The van der Waals surface area contributed by atoms with E-state index in [-0.39, 0.29) is 5.54 Å². The molecule has 0 saturated carbocycles. The normalized spacial score (nSPS) is 21.9. The topological polar surface area (TPSA) is 32.5 Å². The lowest BCUT2D eigenvalue weighted by Crippen LogP contribution is -2.60. The first kappa shape index (κ1) is 16.5. The first-order chi connectivity index (χ1) is 10.1. The fraction of sp³-hybridized carbons (Fsp3) is 0.667. The average molecular weight is 289 g/mol. The standard InChI is InChI=1S/C18H31N3/c1-4-9-17(21-14-12-20(3)13-15-21)18(19,5-2)16-10-7-6-8-11-16/h6-8,10-11,17H,4-5,9,12-15,19H2,1-3H3. The van der Waals surface area contributed by atoms with Crippen LogP contribution in [0, 0.1) is 0 Å². The molecule has 1 aromatic rings. The second-order valence-electron chi connectivity index (χ2n) is 6.40. The van der Waals surface area contributed by atoms with Gasteiger partial charge >= 0.3 is 0 Å². The summed E-state index contributed by atoms with van der Waals surface area (Å²) in [4.78, 5) is 5.03. The molecular weight excluding hydrogens is 258 g/mol. The van der Waals surface area contributed by atoms with Crippen molar-refractivity contribution in [2.45, 2.75) is 44.7 Å². The lowest BCUT2D eigenvalue weighted by atomic mass is 9.78. The Morgan fingerprint density at radius 3 is 2.24 bits per heavy atom. The molecule has 1 aliphatic rings. The summed E-state index contributed by atoms with van der Waals surface area (Å²) in [5.74, 6) is 0. The van der Waals surface area contributed by atoms with E-state index >= 15 is 0 Å². The maximum absolute atomic E-state index is 6.96.